The van der Waals surface area contributed by atoms with E-state index in [1.165, 1.54) is 11.3 Å². The van der Waals surface area contributed by atoms with E-state index in [1.807, 2.05) is 45.9 Å². The molecule has 12 heteroatoms. The molecule has 1 aromatic rings. The van der Waals surface area contributed by atoms with Crippen LogP contribution in [0.2, 0.25) is 5.02 Å². The Hall–Kier alpha value is -3.44. The lowest BCUT2D eigenvalue weighted by molar-refractivity contribution is -0.145. The zero-order valence-corrected chi connectivity index (χ0v) is 29.0. The second-order valence-corrected chi connectivity index (χ2v) is 14.6. The van der Waals surface area contributed by atoms with E-state index < -0.39 is 52.6 Å². The maximum absolute atomic E-state index is 14.5. The van der Waals surface area contributed by atoms with E-state index in [2.05, 4.69) is 21.4 Å². The van der Waals surface area contributed by atoms with E-state index in [0.717, 1.165) is 31.2 Å². The third-order valence-electron chi connectivity index (χ3n) is 9.23. The topological polar surface area (TPSA) is 146 Å². The molecule has 11 nitrogen and oxygen atoms in total. The third-order valence-corrected chi connectivity index (χ3v) is 9.47. The van der Waals surface area contributed by atoms with Crippen LogP contribution in [0.4, 0.5) is 0 Å². The highest BCUT2D eigenvalue weighted by Crippen LogP contribution is 2.39. The molecule has 0 radical (unpaired) electrons. The van der Waals surface area contributed by atoms with Crippen LogP contribution in [0, 0.1) is 11.3 Å². The second kappa shape index (κ2) is 15.6. The zero-order chi connectivity index (χ0) is 34.4. The quantitative estimate of drug-likeness (QED) is 0.245. The summed E-state index contributed by atoms with van der Waals surface area (Å²) < 4.78 is 0. The fourth-order valence-corrected chi connectivity index (χ4v) is 6.93. The molecule has 1 spiro atoms. The summed E-state index contributed by atoms with van der Waals surface area (Å²) >= 11 is 6.23. The molecule has 1 saturated carbocycles. The van der Waals surface area contributed by atoms with Gasteiger partial charge >= 0.3 is 0 Å². The largest absolute Gasteiger partial charge is 0.350 e. The predicted molar refractivity (Wildman–Crippen MR) is 180 cm³/mol. The van der Waals surface area contributed by atoms with Crippen molar-refractivity contribution in [3.8, 4) is 0 Å². The van der Waals surface area contributed by atoms with Crippen molar-refractivity contribution in [2.45, 2.75) is 116 Å². The molecule has 3 aliphatic rings. The van der Waals surface area contributed by atoms with E-state index in [-0.39, 0.29) is 31.8 Å². The van der Waals surface area contributed by atoms with Gasteiger partial charge in [0.25, 0.3) is 5.91 Å². The van der Waals surface area contributed by atoms with Gasteiger partial charge in [-0.25, -0.2) is 0 Å². The van der Waals surface area contributed by atoms with Gasteiger partial charge in [-0.3, -0.25) is 34.3 Å². The number of hydrogen-bond acceptors (Lipinski definition) is 7. The number of rotatable bonds is 12. The molecule has 4 N–H and O–H groups in total. The molecule has 2 aliphatic heterocycles. The number of ketones is 1. The summed E-state index contributed by atoms with van der Waals surface area (Å²) in [6, 6.07) is 4.22. The summed E-state index contributed by atoms with van der Waals surface area (Å²) in [5.74, 6) is -2.39. The van der Waals surface area contributed by atoms with Crippen molar-refractivity contribution >= 4 is 46.7 Å². The van der Waals surface area contributed by atoms with Gasteiger partial charge in [-0.15, -0.1) is 0 Å². The number of likely N-dealkylation sites (tertiary alicyclic amines) is 1. The second-order valence-electron chi connectivity index (χ2n) is 14.2. The van der Waals surface area contributed by atoms with Gasteiger partial charge in [0.2, 0.25) is 23.5 Å². The van der Waals surface area contributed by atoms with Gasteiger partial charge in [-0.1, -0.05) is 77.1 Å². The molecule has 4 atom stereocenters. The lowest BCUT2D eigenvalue weighted by Gasteiger charge is -2.36. The number of halogens is 1. The predicted octanol–water partition coefficient (Wildman–Crippen LogP) is 4.05. The number of hydroxylamine groups is 1. The van der Waals surface area contributed by atoms with E-state index >= 15 is 0 Å². The smallest absolute Gasteiger partial charge is 0.289 e. The van der Waals surface area contributed by atoms with Crippen molar-refractivity contribution < 1.29 is 28.8 Å². The summed E-state index contributed by atoms with van der Waals surface area (Å²) in [6.07, 6.45) is 8.48. The Morgan fingerprint density at radius 1 is 1.09 bits per heavy atom. The lowest BCUT2D eigenvalue weighted by atomic mass is 9.84. The highest BCUT2D eigenvalue weighted by Gasteiger charge is 2.54. The molecule has 47 heavy (non-hydrogen) atoms. The maximum Gasteiger partial charge on any atom is 0.289 e. The van der Waals surface area contributed by atoms with Crippen LogP contribution < -0.4 is 21.4 Å². The van der Waals surface area contributed by atoms with Gasteiger partial charge in [-0.05, 0) is 55.7 Å². The number of Topliss-reactive ketones (excluding diaryl/α,β-unsaturated/α-hetero) is 1. The summed E-state index contributed by atoms with van der Waals surface area (Å²) in [4.78, 5) is 74.8. The van der Waals surface area contributed by atoms with Crippen LogP contribution >= 0.6 is 11.6 Å². The number of amides is 4. The minimum absolute atomic E-state index is 0.0226. The first-order valence-electron chi connectivity index (χ1n) is 16.9. The van der Waals surface area contributed by atoms with Crippen molar-refractivity contribution in [2.24, 2.45) is 11.3 Å². The monoisotopic (exact) mass is 671 g/mol. The average molecular weight is 672 g/mol. The first-order chi connectivity index (χ1) is 22.3. The highest BCUT2D eigenvalue weighted by molar-refractivity contribution is 6.38. The Kier molecular flexibility index (Phi) is 12.1. The molecular formula is C35H50ClN5O6. The first kappa shape index (κ1) is 36.4. The SMILES string of the molecule is CCC[C@H](NC(=O)[C@@H]1C[C@]2(C=C(c3cccc(Cl)c3)NO2)CN1C(=O)[C@@H](NC(=O)CC1CCCCC1)C(C)(C)C)C(=O)C(=O)NCC. The number of nitrogens with one attached hydrogen (secondary N) is 4. The Labute approximate surface area is 282 Å². The number of hydrogen-bond donors (Lipinski definition) is 4. The lowest BCUT2D eigenvalue weighted by Crippen LogP contribution is -2.59. The van der Waals surface area contributed by atoms with Gasteiger partial charge in [0, 0.05) is 30.0 Å². The summed E-state index contributed by atoms with van der Waals surface area (Å²) in [7, 11) is 0. The highest BCUT2D eigenvalue weighted by atomic mass is 35.5. The summed E-state index contributed by atoms with van der Waals surface area (Å²) in [6.45, 7) is 9.50. The molecule has 0 unspecified atom stereocenters. The van der Waals surface area contributed by atoms with Crippen LogP contribution in [-0.4, -0.2) is 71.1 Å². The Bertz CT molecular complexity index is 1370. The molecule has 2 fully saturated rings. The van der Waals surface area contributed by atoms with E-state index in [0.29, 0.717) is 29.5 Å². The van der Waals surface area contributed by atoms with Crippen LogP contribution in [0.1, 0.15) is 98.0 Å². The molecule has 1 aromatic carbocycles. The molecule has 4 rings (SSSR count). The van der Waals surface area contributed by atoms with Crippen LogP contribution in [0.5, 0.6) is 0 Å². The summed E-state index contributed by atoms with van der Waals surface area (Å²) in [5, 5.41) is 8.83. The standard InChI is InChI=1S/C35H50ClN5O6/c1-6-12-25(29(43)32(45)37-7-2)38-31(44)27-20-35(19-26(40-47-35)23-15-11-16-24(36)18-23)21-41(27)33(46)30(34(3,4)5)39-28(42)17-22-13-9-8-10-14-22/h11,15-16,18-19,22,25,27,30,40H,6-10,12-14,17,20-21H2,1-5H3,(H,37,45)(H,38,44)(H,39,42)/t25-,27-,30+,35+/m0/s1. The van der Waals surface area contributed by atoms with E-state index in [9.17, 15) is 24.0 Å². The fourth-order valence-electron chi connectivity index (χ4n) is 6.74. The van der Waals surface area contributed by atoms with Gasteiger partial charge in [-0.2, -0.15) is 0 Å². The Morgan fingerprint density at radius 3 is 2.45 bits per heavy atom. The third kappa shape index (κ3) is 9.13. The van der Waals surface area contributed by atoms with Crippen LogP contribution in [-0.2, 0) is 28.8 Å². The number of carbonyl (C=O) groups excluding carboxylic acids is 5. The van der Waals surface area contributed by atoms with Gasteiger partial charge in [0.05, 0.1) is 18.3 Å². The molecular weight excluding hydrogens is 622 g/mol. The molecule has 258 valence electrons. The molecule has 1 aliphatic carbocycles. The van der Waals surface area contributed by atoms with Crippen LogP contribution in [0.3, 0.4) is 0 Å². The van der Waals surface area contributed by atoms with Gasteiger partial charge < -0.3 is 20.9 Å². The fraction of sp³-hybridized carbons (Fsp3) is 0.629. The summed E-state index contributed by atoms with van der Waals surface area (Å²) in [5.41, 5.74) is 2.62. The maximum atomic E-state index is 14.5. The van der Waals surface area contributed by atoms with Crippen molar-refractivity contribution in [3.63, 3.8) is 0 Å². The average Bonchev–Trinajstić information content (AvgIpc) is 3.62. The number of nitrogens with zero attached hydrogens (tertiary/aromatic N) is 1. The van der Waals surface area contributed by atoms with E-state index in [4.69, 9.17) is 16.4 Å². The minimum Gasteiger partial charge on any atom is -0.350 e. The van der Waals surface area contributed by atoms with Gasteiger partial charge in [0.1, 0.15) is 17.7 Å². The number of carbonyl (C=O) groups is 5. The molecule has 1 saturated heterocycles. The van der Waals surface area contributed by atoms with Crippen molar-refractivity contribution in [2.75, 3.05) is 13.1 Å². The van der Waals surface area contributed by atoms with Crippen molar-refractivity contribution in [1.82, 2.24) is 26.3 Å². The van der Waals surface area contributed by atoms with Crippen LogP contribution in [0.25, 0.3) is 5.70 Å². The normalized spacial score (nSPS) is 22.6. The van der Waals surface area contributed by atoms with Crippen molar-refractivity contribution in [1.29, 1.82) is 0 Å². The first-order valence-corrected chi connectivity index (χ1v) is 17.3. The number of likely N-dealkylation sites (N-methyl/N-ethyl adjacent to an activating group) is 1. The number of benzene rings is 1. The molecule has 0 aromatic heterocycles. The molecule has 2 heterocycles. The Balaban J connectivity index is 1.63. The molecule has 4 amide bonds. The van der Waals surface area contributed by atoms with Crippen LogP contribution in [0.15, 0.2) is 30.3 Å². The molecule has 0 bridgehead atoms. The Morgan fingerprint density at radius 2 is 1.81 bits per heavy atom. The van der Waals surface area contributed by atoms with Crippen molar-refractivity contribution in [3.05, 3.63) is 40.9 Å². The van der Waals surface area contributed by atoms with E-state index in [1.54, 1.807) is 19.1 Å². The van der Waals surface area contributed by atoms with Gasteiger partial charge in [0.15, 0.2) is 0 Å². The minimum atomic E-state index is -1.08. The zero-order valence-electron chi connectivity index (χ0n) is 28.2.